The lowest BCUT2D eigenvalue weighted by Crippen LogP contribution is -2.59. The van der Waals surface area contributed by atoms with E-state index in [2.05, 4.69) is 34.7 Å². The van der Waals surface area contributed by atoms with Crippen LogP contribution in [0.4, 0.5) is 0 Å². The quantitative estimate of drug-likeness (QED) is 0.639. The number of carbonyl (C=O) groups excluding carboxylic acids is 2. The average molecular weight is 334 g/mol. The Labute approximate surface area is 144 Å². The van der Waals surface area contributed by atoms with Crippen LogP contribution >= 0.6 is 0 Å². The molecule has 0 bridgehead atoms. The Balaban J connectivity index is 2.06. The third kappa shape index (κ3) is 4.58. The monoisotopic (exact) mass is 334 g/mol. The summed E-state index contributed by atoms with van der Waals surface area (Å²) in [5.74, 6) is -0.311. The zero-order valence-corrected chi connectivity index (χ0v) is 14.9. The van der Waals surface area contributed by atoms with E-state index in [1.54, 1.807) is 6.07 Å². The zero-order valence-electron chi connectivity index (χ0n) is 14.9. The van der Waals surface area contributed by atoms with Gasteiger partial charge in [-0.25, -0.2) is 0 Å². The number of H-pyrrole nitrogens is 1. The molecule has 1 aliphatic carbocycles. The molecule has 0 spiro atoms. The normalized spacial score (nSPS) is 16.6. The van der Waals surface area contributed by atoms with Gasteiger partial charge in [0.1, 0.15) is 11.2 Å². The van der Waals surface area contributed by atoms with Gasteiger partial charge in [-0.3, -0.25) is 14.7 Å². The lowest BCUT2D eigenvalue weighted by Gasteiger charge is -2.36. The Hall–Kier alpha value is -1.85. The molecular formula is C18H30N4O2. The maximum Gasteiger partial charge on any atom is 0.272 e. The van der Waals surface area contributed by atoms with Crippen molar-refractivity contribution >= 4 is 11.8 Å². The van der Waals surface area contributed by atoms with Crippen molar-refractivity contribution in [2.45, 2.75) is 77.2 Å². The van der Waals surface area contributed by atoms with E-state index in [0.29, 0.717) is 25.1 Å². The number of aromatic nitrogens is 2. The van der Waals surface area contributed by atoms with Crippen LogP contribution in [0.5, 0.6) is 0 Å². The van der Waals surface area contributed by atoms with Gasteiger partial charge >= 0.3 is 0 Å². The maximum absolute atomic E-state index is 12.7. The van der Waals surface area contributed by atoms with E-state index in [-0.39, 0.29) is 11.8 Å². The highest BCUT2D eigenvalue weighted by molar-refractivity contribution is 5.98. The lowest BCUT2D eigenvalue weighted by atomic mass is 9.80. The fourth-order valence-corrected chi connectivity index (χ4v) is 3.27. The summed E-state index contributed by atoms with van der Waals surface area (Å²) in [6.45, 7) is 4.84. The third-order valence-electron chi connectivity index (χ3n) is 4.69. The predicted octanol–water partition coefficient (Wildman–Crippen LogP) is 2.71. The average Bonchev–Trinajstić information content (AvgIpc) is 3.05. The fourth-order valence-electron chi connectivity index (χ4n) is 3.27. The van der Waals surface area contributed by atoms with Crippen molar-refractivity contribution in [1.29, 1.82) is 0 Å². The molecule has 0 unspecified atom stereocenters. The highest BCUT2D eigenvalue weighted by atomic mass is 16.2. The molecule has 2 rings (SSSR count). The molecule has 1 heterocycles. The number of rotatable bonds is 8. The lowest BCUT2D eigenvalue weighted by molar-refractivity contribution is -0.128. The van der Waals surface area contributed by atoms with Gasteiger partial charge in [-0.1, -0.05) is 46.0 Å². The van der Waals surface area contributed by atoms with Crippen LogP contribution in [0.15, 0.2) is 6.07 Å². The molecule has 2 amide bonds. The first-order valence-electron chi connectivity index (χ1n) is 9.26. The van der Waals surface area contributed by atoms with Gasteiger partial charge in [0.05, 0.1) is 0 Å². The molecule has 0 saturated heterocycles. The Bertz CT molecular complexity index is 547. The Kier molecular flexibility index (Phi) is 6.82. The number of hydrogen-bond acceptors (Lipinski definition) is 3. The smallest absolute Gasteiger partial charge is 0.272 e. The van der Waals surface area contributed by atoms with Gasteiger partial charge < -0.3 is 10.6 Å². The summed E-state index contributed by atoms with van der Waals surface area (Å²) in [4.78, 5) is 25.3. The number of aromatic amines is 1. The van der Waals surface area contributed by atoms with E-state index in [1.807, 2.05) is 0 Å². The molecule has 1 aromatic heterocycles. The molecule has 1 aliphatic rings. The molecule has 24 heavy (non-hydrogen) atoms. The second-order valence-corrected chi connectivity index (χ2v) is 6.73. The molecule has 6 nitrogen and oxygen atoms in total. The van der Waals surface area contributed by atoms with Gasteiger partial charge in [0.15, 0.2) is 0 Å². The minimum atomic E-state index is -0.785. The molecule has 134 valence electrons. The van der Waals surface area contributed by atoms with E-state index in [1.165, 1.54) is 0 Å². The van der Waals surface area contributed by atoms with Crippen LogP contribution in [0.25, 0.3) is 0 Å². The van der Waals surface area contributed by atoms with Crippen LogP contribution in [0.2, 0.25) is 0 Å². The summed E-state index contributed by atoms with van der Waals surface area (Å²) in [6, 6.07) is 1.78. The van der Waals surface area contributed by atoms with Gasteiger partial charge in [0.2, 0.25) is 5.91 Å². The molecule has 6 heteroatoms. The zero-order chi connectivity index (χ0) is 17.4. The molecule has 0 aliphatic heterocycles. The van der Waals surface area contributed by atoms with Gasteiger partial charge in [0.25, 0.3) is 5.91 Å². The Morgan fingerprint density at radius 2 is 1.96 bits per heavy atom. The first kappa shape index (κ1) is 18.5. The first-order chi connectivity index (χ1) is 11.6. The van der Waals surface area contributed by atoms with Crippen molar-refractivity contribution in [3.05, 3.63) is 17.5 Å². The molecule has 0 aromatic carbocycles. The first-order valence-corrected chi connectivity index (χ1v) is 9.26. The van der Waals surface area contributed by atoms with E-state index in [9.17, 15) is 9.59 Å². The highest BCUT2D eigenvalue weighted by Gasteiger charge is 2.41. The minimum absolute atomic E-state index is 0.0479. The Morgan fingerprint density at radius 1 is 1.21 bits per heavy atom. The summed E-state index contributed by atoms with van der Waals surface area (Å²) in [7, 11) is 0. The van der Waals surface area contributed by atoms with Crippen LogP contribution in [-0.2, 0) is 11.2 Å². The number of aryl methyl sites for hydroxylation is 1. The van der Waals surface area contributed by atoms with E-state index in [0.717, 1.165) is 50.6 Å². The molecule has 0 atom stereocenters. The summed E-state index contributed by atoms with van der Waals surface area (Å²) in [5, 5.41) is 13.0. The van der Waals surface area contributed by atoms with Crippen LogP contribution in [0.1, 0.15) is 81.4 Å². The molecule has 1 aromatic rings. The van der Waals surface area contributed by atoms with Crippen LogP contribution in [0.3, 0.4) is 0 Å². The molecular weight excluding hydrogens is 304 g/mol. The maximum atomic E-state index is 12.7. The van der Waals surface area contributed by atoms with Gasteiger partial charge in [-0.2, -0.15) is 5.10 Å². The van der Waals surface area contributed by atoms with E-state index < -0.39 is 5.54 Å². The van der Waals surface area contributed by atoms with Crippen molar-refractivity contribution < 1.29 is 9.59 Å². The number of nitrogens with one attached hydrogen (secondary N) is 3. The number of carbonyl (C=O) groups is 2. The number of amides is 2. The minimum Gasteiger partial charge on any atom is -0.354 e. The topological polar surface area (TPSA) is 86.9 Å². The fraction of sp³-hybridized carbons (Fsp3) is 0.722. The van der Waals surface area contributed by atoms with Gasteiger partial charge in [-0.05, 0) is 31.7 Å². The molecule has 0 radical (unpaired) electrons. The van der Waals surface area contributed by atoms with Crippen molar-refractivity contribution in [1.82, 2.24) is 20.8 Å². The van der Waals surface area contributed by atoms with E-state index >= 15 is 0 Å². The predicted molar refractivity (Wildman–Crippen MR) is 93.8 cm³/mol. The third-order valence-corrected chi connectivity index (χ3v) is 4.69. The van der Waals surface area contributed by atoms with Crippen molar-refractivity contribution in [3.8, 4) is 0 Å². The van der Waals surface area contributed by atoms with Crippen LogP contribution < -0.4 is 10.6 Å². The highest BCUT2D eigenvalue weighted by Crippen LogP contribution is 2.29. The van der Waals surface area contributed by atoms with Gasteiger partial charge in [-0.15, -0.1) is 0 Å². The van der Waals surface area contributed by atoms with Crippen molar-refractivity contribution in [3.63, 3.8) is 0 Å². The largest absolute Gasteiger partial charge is 0.354 e. The van der Waals surface area contributed by atoms with E-state index in [4.69, 9.17) is 0 Å². The van der Waals surface area contributed by atoms with Gasteiger partial charge in [0, 0.05) is 12.2 Å². The second-order valence-electron chi connectivity index (χ2n) is 6.73. The standard InChI is InChI=1S/C18H30N4O2/c1-3-5-12-19-17(24)18(10-7-6-8-11-18)20-16(23)15-13-14(9-4-2)21-22-15/h13H,3-12H2,1-2H3,(H,19,24)(H,20,23)(H,21,22). The van der Waals surface area contributed by atoms with Crippen molar-refractivity contribution in [2.75, 3.05) is 6.54 Å². The summed E-state index contributed by atoms with van der Waals surface area (Å²) < 4.78 is 0. The van der Waals surface area contributed by atoms with Crippen LogP contribution in [0, 0.1) is 0 Å². The van der Waals surface area contributed by atoms with Crippen LogP contribution in [-0.4, -0.2) is 34.1 Å². The number of unbranched alkanes of at least 4 members (excludes halogenated alkanes) is 1. The molecule has 1 fully saturated rings. The molecule has 3 N–H and O–H groups in total. The van der Waals surface area contributed by atoms with Crippen molar-refractivity contribution in [2.24, 2.45) is 0 Å². The second kappa shape index (κ2) is 8.85. The Morgan fingerprint density at radius 3 is 2.62 bits per heavy atom. The summed E-state index contributed by atoms with van der Waals surface area (Å²) in [6.07, 6.45) is 8.28. The SMILES string of the molecule is CCCCNC(=O)C1(NC(=O)c2cc(CCC)[nH]n2)CCCCC1. The summed E-state index contributed by atoms with van der Waals surface area (Å²) in [5.41, 5.74) is 0.532. The number of hydrogen-bond donors (Lipinski definition) is 3. The molecule has 1 saturated carbocycles. The number of nitrogens with zero attached hydrogens (tertiary/aromatic N) is 1. The summed E-state index contributed by atoms with van der Waals surface area (Å²) >= 11 is 0.